The van der Waals surface area contributed by atoms with Crippen LogP contribution in [0.2, 0.25) is 0 Å². The van der Waals surface area contributed by atoms with Crippen LogP contribution in [0.25, 0.3) is 0 Å². The smallest absolute Gasteiger partial charge is 0.102 e. The Kier molecular flexibility index (Phi) is 26.3. The third-order valence-electron chi connectivity index (χ3n) is 6.21. The Morgan fingerprint density at radius 2 is 0.690 bits per heavy atom. The number of halogens is 1. The molecular weight excluding hydrogens is 386 g/mol. The molecule has 0 radical (unpaired) electrons. The van der Waals surface area contributed by atoms with E-state index < -0.39 is 0 Å². The van der Waals surface area contributed by atoms with Gasteiger partial charge in [0.15, 0.2) is 0 Å². The molecule has 5 heteroatoms. The molecule has 3 N–H and O–H groups in total. The van der Waals surface area contributed by atoms with Crippen molar-refractivity contribution in [3.8, 4) is 0 Å². The Balaban J connectivity index is 0. The van der Waals surface area contributed by atoms with Crippen molar-refractivity contribution >= 4 is 0 Å². The van der Waals surface area contributed by atoms with Crippen molar-refractivity contribution in [1.29, 1.82) is 0 Å². The molecule has 0 unspecified atom stereocenters. The van der Waals surface area contributed by atoms with Crippen LogP contribution in [0.5, 0.6) is 0 Å². The van der Waals surface area contributed by atoms with Crippen molar-refractivity contribution in [2.24, 2.45) is 0 Å². The highest BCUT2D eigenvalue weighted by atomic mass is 35.5. The van der Waals surface area contributed by atoms with Gasteiger partial charge in [0.2, 0.25) is 0 Å². The van der Waals surface area contributed by atoms with E-state index in [0.717, 1.165) is 13.0 Å². The van der Waals surface area contributed by atoms with Crippen molar-refractivity contribution in [3.05, 3.63) is 0 Å². The summed E-state index contributed by atoms with van der Waals surface area (Å²) in [7, 11) is 0. The van der Waals surface area contributed by atoms with Gasteiger partial charge in [0.1, 0.15) is 19.6 Å². The average molecular weight is 438 g/mol. The highest BCUT2D eigenvalue weighted by Crippen LogP contribution is 2.15. The molecule has 0 rings (SSSR count). The summed E-state index contributed by atoms with van der Waals surface area (Å²) >= 11 is 0. The fourth-order valence-electron chi connectivity index (χ4n) is 4.30. The Morgan fingerprint density at radius 1 is 0.414 bits per heavy atom. The molecule has 0 spiro atoms. The highest BCUT2D eigenvalue weighted by Gasteiger charge is 2.25. The van der Waals surface area contributed by atoms with Gasteiger partial charge in [0.05, 0.1) is 26.4 Å². The third-order valence-corrected chi connectivity index (χ3v) is 6.21. The van der Waals surface area contributed by atoms with E-state index in [1.807, 2.05) is 0 Å². The maximum absolute atomic E-state index is 9.31. The summed E-state index contributed by atoms with van der Waals surface area (Å²) < 4.78 is 0.655. The number of nitrogens with zero attached hydrogens (tertiary/aromatic N) is 1. The zero-order valence-corrected chi connectivity index (χ0v) is 20.2. The molecule has 29 heavy (non-hydrogen) atoms. The van der Waals surface area contributed by atoms with Crippen LogP contribution in [0.4, 0.5) is 0 Å². The maximum Gasteiger partial charge on any atom is 0.102 e. The van der Waals surface area contributed by atoms with Crippen LogP contribution >= 0.6 is 0 Å². The minimum absolute atomic E-state index is 0. The van der Waals surface area contributed by atoms with Crippen LogP contribution in [-0.2, 0) is 0 Å². The molecule has 0 atom stereocenters. The van der Waals surface area contributed by atoms with Crippen LogP contribution in [0.3, 0.4) is 0 Å². The lowest BCUT2D eigenvalue weighted by Gasteiger charge is -2.37. The summed E-state index contributed by atoms with van der Waals surface area (Å²) in [5.74, 6) is 0. The van der Waals surface area contributed by atoms with E-state index in [1.54, 1.807) is 0 Å². The lowest BCUT2D eigenvalue weighted by molar-refractivity contribution is -0.929. The average Bonchev–Trinajstić information content (AvgIpc) is 2.68. The Bertz CT molecular complexity index is 289. The summed E-state index contributed by atoms with van der Waals surface area (Å²) in [5.41, 5.74) is 0. The normalized spacial score (nSPS) is 11.6. The lowest BCUT2D eigenvalue weighted by Crippen LogP contribution is -3.00. The number of unbranched alkanes of at least 4 members (excludes halogenated alkanes) is 15. The predicted octanol–water partition coefficient (Wildman–Crippen LogP) is 2.05. The molecule has 4 nitrogen and oxygen atoms in total. The first-order valence-electron chi connectivity index (χ1n) is 12.4. The zero-order valence-electron chi connectivity index (χ0n) is 19.4. The Hall–Kier alpha value is 0.130. The van der Waals surface area contributed by atoms with E-state index in [4.69, 9.17) is 0 Å². The molecular formula is C24H52ClNO3. The van der Waals surface area contributed by atoms with Gasteiger partial charge in [0, 0.05) is 0 Å². The first-order chi connectivity index (χ1) is 13.7. The topological polar surface area (TPSA) is 60.7 Å². The monoisotopic (exact) mass is 437 g/mol. The number of hydrogen-bond acceptors (Lipinski definition) is 3. The second-order valence-electron chi connectivity index (χ2n) is 8.71. The quantitative estimate of drug-likeness (QED) is 0.169. The second-order valence-corrected chi connectivity index (χ2v) is 8.71. The van der Waals surface area contributed by atoms with E-state index in [1.165, 1.54) is 96.3 Å². The van der Waals surface area contributed by atoms with Crippen molar-refractivity contribution in [2.45, 2.75) is 110 Å². The van der Waals surface area contributed by atoms with E-state index >= 15 is 0 Å². The fourth-order valence-corrected chi connectivity index (χ4v) is 4.30. The van der Waals surface area contributed by atoms with Crippen molar-refractivity contribution < 1.29 is 32.2 Å². The standard InChI is InChI=1S/C24H52NO3.ClH/c1-2-3-4-5-6-7-8-9-10-11-12-13-14-15-16-17-18-25(19-22-26,20-23-27)21-24-28;/h26-28H,2-24H2,1H3;1H/q+1;/p-1. The molecule has 0 fully saturated rings. The van der Waals surface area contributed by atoms with Gasteiger partial charge in [-0.2, -0.15) is 0 Å². The minimum atomic E-state index is 0. The number of quaternary nitrogens is 1. The summed E-state index contributed by atoms with van der Waals surface area (Å²) in [6.07, 6.45) is 21.9. The molecule has 0 aromatic carbocycles. The fraction of sp³-hybridized carbons (Fsp3) is 1.00. The highest BCUT2D eigenvalue weighted by molar-refractivity contribution is 4.51. The number of rotatable bonds is 23. The van der Waals surface area contributed by atoms with Gasteiger partial charge < -0.3 is 32.2 Å². The van der Waals surface area contributed by atoms with Crippen LogP contribution in [0, 0.1) is 0 Å². The summed E-state index contributed by atoms with van der Waals surface area (Å²) in [5, 5.41) is 27.9. The van der Waals surface area contributed by atoms with E-state index in [-0.39, 0.29) is 32.2 Å². The zero-order chi connectivity index (χ0) is 20.8. The molecule has 0 saturated carbocycles. The number of hydrogen-bond donors (Lipinski definition) is 3. The first kappa shape index (κ1) is 31.3. The van der Waals surface area contributed by atoms with Crippen LogP contribution in [0.15, 0.2) is 0 Å². The number of aliphatic hydroxyl groups is 3. The van der Waals surface area contributed by atoms with Crippen LogP contribution in [-0.4, -0.2) is 65.8 Å². The number of aliphatic hydroxyl groups excluding tert-OH is 3. The summed E-state index contributed by atoms with van der Waals surface area (Å²) in [6.45, 7) is 5.53. The molecule has 0 aromatic rings. The largest absolute Gasteiger partial charge is 1.00 e. The SMILES string of the molecule is CCCCCCCCCCCCCCCCCC[N+](CCO)(CCO)CCO.[Cl-]. The van der Waals surface area contributed by atoms with Crippen molar-refractivity contribution in [3.63, 3.8) is 0 Å². The van der Waals surface area contributed by atoms with Gasteiger partial charge in [-0.1, -0.05) is 96.8 Å². The predicted molar refractivity (Wildman–Crippen MR) is 121 cm³/mol. The molecule has 0 aliphatic rings. The summed E-state index contributed by atoms with van der Waals surface area (Å²) in [6, 6.07) is 0. The molecule has 0 bridgehead atoms. The maximum atomic E-state index is 9.31. The Morgan fingerprint density at radius 3 is 0.966 bits per heavy atom. The molecule has 0 aliphatic carbocycles. The molecule has 0 saturated heterocycles. The molecule has 0 heterocycles. The van der Waals surface area contributed by atoms with Gasteiger partial charge >= 0.3 is 0 Å². The molecule has 0 aromatic heterocycles. The molecule has 0 aliphatic heterocycles. The summed E-state index contributed by atoms with van der Waals surface area (Å²) in [4.78, 5) is 0. The van der Waals surface area contributed by atoms with Gasteiger partial charge in [-0.25, -0.2) is 0 Å². The van der Waals surface area contributed by atoms with Gasteiger partial charge in [-0.05, 0) is 12.8 Å². The van der Waals surface area contributed by atoms with Crippen LogP contribution < -0.4 is 12.4 Å². The van der Waals surface area contributed by atoms with Gasteiger partial charge in [-0.15, -0.1) is 0 Å². The van der Waals surface area contributed by atoms with E-state index in [0.29, 0.717) is 24.1 Å². The molecule has 0 amide bonds. The van der Waals surface area contributed by atoms with Gasteiger partial charge in [-0.3, -0.25) is 0 Å². The van der Waals surface area contributed by atoms with E-state index in [2.05, 4.69) is 6.92 Å². The van der Waals surface area contributed by atoms with Crippen LogP contribution in [0.1, 0.15) is 110 Å². The second kappa shape index (κ2) is 24.4. The minimum Gasteiger partial charge on any atom is -1.00 e. The lowest BCUT2D eigenvalue weighted by atomic mass is 10.0. The van der Waals surface area contributed by atoms with Crippen molar-refractivity contribution in [2.75, 3.05) is 46.0 Å². The molecule has 178 valence electrons. The van der Waals surface area contributed by atoms with Crippen molar-refractivity contribution in [1.82, 2.24) is 0 Å². The van der Waals surface area contributed by atoms with Gasteiger partial charge in [0.25, 0.3) is 0 Å². The van der Waals surface area contributed by atoms with E-state index in [9.17, 15) is 15.3 Å². The first-order valence-corrected chi connectivity index (χ1v) is 12.4. The Labute approximate surface area is 188 Å². The third kappa shape index (κ3) is 19.8.